The van der Waals surface area contributed by atoms with Crippen LogP contribution in [0.4, 0.5) is 4.79 Å². The Morgan fingerprint density at radius 2 is 1.71 bits per heavy atom. The zero-order chi connectivity index (χ0) is 22.3. The van der Waals surface area contributed by atoms with Crippen molar-refractivity contribution in [2.75, 3.05) is 6.54 Å². The topological polar surface area (TPSA) is 80.3 Å². The number of benzene rings is 2. The third kappa shape index (κ3) is 7.10. The van der Waals surface area contributed by atoms with E-state index >= 15 is 0 Å². The zero-order valence-corrected chi connectivity index (χ0v) is 18.2. The summed E-state index contributed by atoms with van der Waals surface area (Å²) in [4.78, 5) is 28.8. The number of aryl methyl sites for hydroxylation is 1. The molecule has 2 aromatic carbocycles. The second-order valence-electron chi connectivity index (χ2n) is 8.46. The van der Waals surface area contributed by atoms with Gasteiger partial charge in [-0.25, -0.2) is 4.79 Å². The van der Waals surface area contributed by atoms with Gasteiger partial charge in [0, 0.05) is 25.4 Å². The molecule has 0 bridgehead atoms. The van der Waals surface area contributed by atoms with Crippen LogP contribution in [0.15, 0.2) is 67.0 Å². The Hall–Kier alpha value is -3.41. The molecule has 3 rings (SSSR count). The molecule has 3 aromatic rings. The first-order chi connectivity index (χ1) is 14.8. The monoisotopic (exact) mass is 419 g/mol. The van der Waals surface area contributed by atoms with Crippen LogP contribution in [0.1, 0.15) is 44.4 Å². The quantitative estimate of drug-likeness (QED) is 0.589. The van der Waals surface area contributed by atoms with Crippen LogP contribution in [0.3, 0.4) is 0 Å². The minimum absolute atomic E-state index is 0.0824. The largest absolute Gasteiger partial charge is 0.444 e. The fourth-order valence-electron chi connectivity index (χ4n) is 3.25. The number of ether oxygens (including phenoxy) is 1. The average molecular weight is 420 g/mol. The maximum absolute atomic E-state index is 12.7. The molecule has 0 spiro atoms. The molecule has 31 heavy (non-hydrogen) atoms. The summed E-state index contributed by atoms with van der Waals surface area (Å²) in [5, 5.41) is 8.04. The third-order valence-electron chi connectivity index (χ3n) is 4.75. The number of nitrogens with one attached hydrogen (secondary N) is 2. The third-order valence-corrected chi connectivity index (χ3v) is 4.75. The van der Waals surface area contributed by atoms with Crippen LogP contribution in [-0.4, -0.2) is 29.1 Å². The van der Waals surface area contributed by atoms with Crippen molar-refractivity contribution in [2.24, 2.45) is 0 Å². The number of alkyl carbamates (subject to hydrolysis) is 1. The highest BCUT2D eigenvalue weighted by atomic mass is 16.6. The molecule has 6 nitrogen and oxygen atoms in total. The predicted octanol–water partition coefficient (Wildman–Crippen LogP) is 4.55. The number of fused-ring (bicyclic) bond motifs is 1. The number of hydrogen-bond donors (Lipinski definition) is 2. The van der Waals surface area contributed by atoms with Crippen molar-refractivity contribution in [2.45, 2.75) is 45.3 Å². The maximum atomic E-state index is 12.7. The molecule has 1 heterocycles. The highest BCUT2D eigenvalue weighted by molar-refractivity contribution is 5.83. The van der Waals surface area contributed by atoms with Gasteiger partial charge >= 0.3 is 6.09 Å². The van der Waals surface area contributed by atoms with Gasteiger partial charge in [-0.15, -0.1) is 0 Å². The molecule has 0 radical (unpaired) electrons. The molecule has 6 heteroatoms. The van der Waals surface area contributed by atoms with Crippen molar-refractivity contribution in [3.05, 3.63) is 78.1 Å². The van der Waals surface area contributed by atoms with Crippen LogP contribution < -0.4 is 10.6 Å². The number of nitrogens with zero attached hydrogens (tertiary/aromatic N) is 1. The van der Waals surface area contributed by atoms with E-state index in [0.717, 1.165) is 21.9 Å². The molecule has 2 N–H and O–H groups in total. The second-order valence-corrected chi connectivity index (χ2v) is 8.46. The number of carbonyl (C=O) groups is 2. The van der Waals surface area contributed by atoms with Gasteiger partial charge in [0.2, 0.25) is 5.91 Å². The van der Waals surface area contributed by atoms with Gasteiger partial charge in [0.1, 0.15) is 5.60 Å². The second kappa shape index (κ2) is 10.1. The Morgan fingerprint density at radius 3 is 2.42 bits per heavy atom. The molecule has 0 unspecified atom stereocenters. The molecule has 0 saturated carbocycles. The van der Waals surface area contributed by atoms with Gasteiger partial charge in [-0.3, -0.25) is 9.78 Å². The van der Waals surface area contributed by atoms with Gasteiger partial charge in [-0.2, -0.15) is 0 Å². The van der Waals surface area contributed by atoms with Crippen LogP contribution in [0.2, 0.25) is 0 Å². The molecule has 1 aromatic heterocycles. The molecule has 2 amide bonds. The molecular weight excluding hydrogens is 390 g/mol. The molecule has 1 atom stereocenters. The standard InChI is InChI=1S/C25H29N3O3/c1-25(2,3)31-24(30)27-17-22(21-10-9-19-6-4-5-7-20(19)16-21)28-23(29)11-8-18-12-14-26-15-13-18/h4-7,9-10,12-16,22H,8,11,17H2,1-3H3,(H,27,30)(H,28,29)/t22-/m0/s1. The maximum Gasteiger partial charge on any atom is 0.407 e. The van der Waals surface area contributed by atoms with Crippen molar-refractivity contribution >= 4 is 22.8 Å². The number of rotatable bonds is 7. The molecule has 0 aliphatic carbocycles. The normalized spacial score (nSPS) is 12.2. The van der Waals surface area contributed by atoms with E-state index in [2.05, 4.69) is 15.6 Å². The lowest BCUT2D eigenvalue weighted by molar-refractivity contribution is -0.121. The van der Waals surface area contributed by atoms with Crippen molar-refractivity contribution in [3.63, 3.8) is 0 Å². The first kappa shape index (κ1) is 22.3. The van der Waals surface area contributed by atoms with E-state index in [0.29, 0.717) is 12.8 Å². The molecule has 162 valence electrons. The van der Waals surface area contributed by atoms with E-state index in [9.17, 15) is 9.59 Å². The Morgan fingerprint density at radius 1 is 1.00 bits per heavy atom. The van der Waals surface area contributed by atoms with Gasteiger partial charge in [-0.1, -0.05) is 36.4 Å². The number of pyridine rings is 1. The SMILES string of the molecule is CC(C)(C)OC(=O)NC[C@H](NC(=O)CCc1ccncc1)c1ccc2ccccc2c1. The molecular formula is C25H29N3O3. The summed E-state index contributed by atoms with van der Waals surface area (Å²) in [6, 6.07) is 17.5. The molecule has 0 saturated heterocycles. The van der Waals surface area contributed by atoms with Crippen LogP contribution in [0.5, 0.6) is 0 Å². The Balaban J connectivity index is 1.71. The van der Waals surface area contributed by atoms with Gasteiger partial charge in [0.15, 0.2) is 0 Å². The number of carbonyl (C=O) groups excluding carboxylic acids is 2. The minimum Gasteiger partial charge on any atom is -0.444 e. The van der Waals surface area contributed by atoms with Crippen LogP contribution in [0, 0.1) is 0 Å². The van der Waals surface area contributed by atoms with Crippen LogP contribution >= 0.6 is 0 Å². The fraction of sp³-hybridized carbons (Fsp3) is 0.320. The highest BCUT2D eigenvalue weighted by Crippen LogP contribution is 2.21. The number of hydrogen-bond acceptors (Lipinski definition) is 4. The molecule has 0 aliphatic heterocycles. The first-order valence-corrected chi connectivity index (χ1v) is 10.4. The molecule has 0 fully saturated rings. The number of amides is 2. The molecule has 0 aliphatic rings. The van der Waals surface area contributed by atoms with Crippen LogP contribution in [0.25, 0.3) is 10.8 Å². The highest BCUT2D eigenvalue weighted by Gasteiger charge is 2.20. The summed E-state index contributed by atoms with van der Waals surface area (Å²) in [6.45, 7) is 5.67. The van der Waals surface area contributed by atoms with E-state index in [1.165, 1.54) is 0 Å². The van der Waals surface area contributed by atoms with Crippen molar-refractivity contribution < 1.29 is 14.3 Å². The van der Waals surface area contributed by atoms with E-state index in [1.807, 2.05) is 75.4 Å². The van der Waals surface area contributed by atoms with E-state index in [4.69, 9.17) is 4.74 Å². The fourth-order valence-corrected chi connectivity index (χ4v) is 3.25. The summed E-state index contributed by atoms with van der Waals surface area (Å²) >= 11 is 0. The summed E-state index contributed by atoms with van der Waals surface area (Å²) in [5.74, 6) is -0.0824. The lowest BCUT2D eigenvalue weighted by Gasteiger charge is -2.23. The van der Waals surface area contributed by atoms with Gasteiger partial charge < -0.3 is 15.4 Å². The first-order valence-electron chi connectivity index (χ1n) is 10.4. The van der Waals surface area contributed by atoms with Gasteiger partial charge in [0.05, 0.1) is 6.04 Å². The van der Waals surface area contributed by atoms with Crippen molar-refractivity contribution in [1.82, 2.24) is 15.6 Å². The summed E-state index contributed by atoms with van der Waals surface area (Å²) in [7, 11) is 0. The van der Waals surface area contributed by atoms with Gasteiger partial charge in [0.25, 0.3) is 0 Å². The summed E-state index contributed by atoms with van der Waals surface area (Å²) < 4.78 is 5.34. The lowest BCUT2D eigenvalue weighted by Crippen LogP contribution is -2.40. The Kier molecular flexibility index (Phi) is 7.23. The van der Waals surface area contributed by atoms with E-state index in [-0.39, 0.29) is 18.5 Å². The Bertz CT molecular complexity index is 1030. The van der Waals surface area contributed by atoms with Crippen molar-refractivity contribution in [1.29, 1.82) is 0 Å². The number of aromatic nitrogens is 1. The predicted molar refractivity (Wildman–Crippen MR) is 122 cm³/mol. The zero-order valence-electron chi connectivity index (χ0n) is 18.2. The lowest BCUT2D eigenvalue weighted by atomic mass is 10.0. The smallest absolute Gasteiger partial charge is 0.407 e. The van der Waals surface area contributed by atoms with E-state index < -0.39 is 11.7 Å². The minimum atomic E-state index is -0.587. The van der Waals surface area contributed by atoms with Gasteiger partial charge in [-0.05, 0) is 67.3 Å². The van der Waals surface area contributed by atoms with Crippen molar-refractivity contribution in [3.8, 4) is 0 Å². The van der Waals surface area contributed by atoms with Crippen LogP contribution in [-0.2, 0) is 16.0 Å². The van der Waals surface area contributed by atoms with E-state index in [1.54, 1.807) is 12.4 Å². The summed E-state index contributed by atoms with van der Waals surface area (Å²) in [5.41, 5.74) is 1.39. The average Bonchev–Trinajstić information content (AvgIpc) is 2.74. The Labute approximate surface area is 183 Å². The summed E-state index contributed by atoms with van der Waals surface area (Å²) in [6.07, 6.45) is 3.90.